The first-order valence-electron chi connectivity index (χ1n) is 7.40. The molecule has 6 heteroatoms. The second kappa shape index (κ2) is 6.08. The first-order valence-corrected chi connectivity index (χ1v) is 7.40. The van der Waals surface area contributed by atoms with Crippen LogP contribution in [0.2, 0.25) is 0 Å². The Bertz CT molecular complexity index is 778. The van der Waals surface area contributed by atoms with Crippen molar-refractivity contribution in [1.29, 1.82) is 0 Å². The molecule has 0 spiro atoms. The number of hydrogen-bond donors (Lipinski definition) is 1. The Morgan fingerprint density at radius 1 is 1.26 bits per heavy atom. The van der Waals surface area contributed by atoms with Gasteiger partial charge >= 0.3 is 0 Å². The highest BCUT2D eigenvalue weighted by Gasteiger charge is 2.28. The number of carbonyl (C=O) groups is 2. The summed E-state index contributed by atoms with van der Waals surface area (Å²) in [7, 11) is 1.79. The first-order chi connectivity index (χ1) is 11.0. The van der Waals surface area contributed by atoms with E-state index in [1.54, 1.807) is 35.1 Å². The zero-order chi connectivity index (χ0) is 16.4. The summed E-state index contributed by atoms with van der Waals surface area (Å²) in [5, 5.41) is 6.90. The number of rotatable bonds is 3. The summed E-state index contributed by atoms with van der Waals surface area (Å²) in [6.07, 6.45) is 5.57. The second-order valence-corrected chi connectivity index (χ2v) is 5.51. The molecule has 3 rings (SSSR count). The molecule has 1 N–H and O–H groups in total. The van der Waals surface area contributed by atoms with Crippen molar-refractivity contribution in [1.82, 2.24) is 14.7 Å². The third-order valence-electron chi connectivity index (χ3n) is 3.83. The summed E-state index contributed by atoms with van der Waals surface area (Å²) >= 11 is 0. The number of benzene rings is 1. The highest BCUT2D eigenvalue weighted by molar-refractivity contribution is 5.91. The predicted molar refractivity (Wildman–Crippen MR) is 87.2 cm³/mol. The molecule has 6 nitrogen and oxygen atoms in total. The fourth-order valence-corrected chi connectivity index (χ4v) is 2.76. The van der Waals surface area contributed by atoms with Gasteiger partial charge in [0.15, 0.2) is 5.82 Å². The van der Waals surface area contributed by atoms with E-state index >= 15 is 0 Å². The first kappa shape index (κ1) is 15.0. The molecule has 0 radical (unpaired) electrons. The molecule has 1 atom stereocenters. The smallest absolute Gasteiger partial charge is 0.228 e. The van der Waals surface area contributed by atoms with Crippen LogP contribution in [0.4, 0.5) is 5.82 Å². The Morgan fingerprint density at radius 3 is 2.74 bits per heavy atom. The maximum absolute atomic E-state index is 12.3. The van der Waals surface area contributed by atoms with Gasteiger partial charge in [0.05, 0.1) is 12.5 Å². The van der Waals surface area contributed by atoms with Gasteiger partial charge in [-0.15, -0.1) is 0 Å². The molecule has 2 aromatic rings. The molecule has 0 saturated heterocycles. The quantitative estimate of drug-likeness (QED) is 0.946. The maximum Gasteiger partial charge on any atom is 0.228 e. The number of carbonyl (C=O) groups excluding carboxylic acids is 2. The second-order valence-electron chi connectivity index (χ2n) is 5.51. The SMILES string of the molecule is CC(=O)N1C=Cc2ccccc2[C@@H]1CC(=O)Nc1ccn(C)n1. The molecule has 0 bridgehead atoms. The average molecular weight is 310 g/mol. The van der Waals surface area contributed by atoms with Crippen molar-refractivity contribution in [3.63, 3.8) is 0 Å². The maximum atomic E-state index is 12.3. The average Bonchev–Trinajstić information content (AvgIpc) is 2.92. The van der Waals surface area contributed by atoms with Gasteiger partial charge in [0.1, 0.15) is 0 Å². The van der Waals surface area contributed by atoms with Gasteiger partial charge < -0.3 is 10.2 Å². The summed E-state index contributed by atoms with van der Waals surface area (Å²) in [4.78, 5) is 25.8. The molecule has 0 aliphatic carbocycles. The third kappa shape index (κ3) is 3.15. The lowest BCUT2D eigenvalue weighted by molar-refractivity contribution is -0.129. The van der Waals surface area contributed by atoms with Gasteiger partial charge in [0.25, 0.3) is 0 Å². The van der Waals surface area contributed by atoms with Crippen LogP contribution in [0.3, 0.4) is 0 Å². The molecule has 2 amide bonds. The van der Waals surface area contributed by atoms with Crippen molar-refractivity contribution >= 4 is 23.7 Å². The van der Waals surface area contributed by atoms with E-state index < -0.39 is 0 Å². The number of nitrogens with one attached hydrogen (secondary N) is 1. The summed E-state index contributed by atoms with van der Waals surface area (Å²) in [5.74, 6) is 0.239. The van der Waals surface area contributed by atoms with Crippen molar-refractivity contribution in [2.75, 3.05) is 5.32 Å². The molecule has 1 aromatic carbocycles. The van der Waals surface area contributed by atoms with Gasteiger partial charge in [0, 0.05) is 32.4 Å². The van der Waals surface area contributed by atoms with Crippen LogP contribution in [0.25, 0.3) is 6.08 Å². The highest BCUT2D eigenvalue weighted by atomic mass is 16.2. The van der Waals surface area contributed by atoms with E-state index in [1.807, 2.05) is 30.3 Å². The van der Waals surface area contributed by atoms with Crippen LogP contribution >= 0.6 is 0 Å². The minimum atomic E-state index is -0.308. The lowest BCUT2D eigenvalue weighted by Crippen LogP contribution is -2.33. The van der Waals surface area contributed by atoms with Gasteiger partial charge in [-0.25, -0.2) is 0 Å². The predicted octanol–water partition coefficient (Wildman–Crippen LogP) is 2.32. The molecule has 2 heterocycles. The minimum absolute atomic E-state index is 0.0913. The molecule has 0 fully saturated rings. The number of hydrogen-bond acceptors (Lipinski definition) is 3. The van der Waals surface area contributed by atoms with Crippen molar-refractivity contribution in [3.05, 3.63) is 53.9 Å². The van der Waals surface area contributed by atoms with Crippen LogP contribution in [0.5, 0.6) is 0 Å². The normalized spacial score (nSPS) is 16.1. The van der Waals surface area contributed by atoms with E-state index in [0.717, 1.165) is 11.1 Å². The zero-order valence-corrected chi connectivity index (χ0v) is 13.1. The van der Waals surface area contributed by atoms with E-state index in [-0.39, 0.29) is 24.3 Å². The van der Waals surface area contributed by atoms with Crippen molar-refractivity contribution in [3.8, 4) is 0 Å². The molecule has 1 aromatic heterocycles. The molecule has 0 saturated carbocycles. The lowest BCUT2D eigenvalue weighted by atomic mass is 9.93. The van der Waals surface area contributed by atoms with Crippen LogP contribution in [-0.4, -0.2) is 26.5 Å². The van der Waals surface area contributed by atoms with Crippen LogP contribution in [0.15, 0.2) is 42.7 Å². The number of amides is 2. The Hall–Kier alpha value is -2.89. The lowest BCUT2D eigenvalue weighted by Gasteiger charge is -2.32. The monoisotopic (exact) mass is 310 g/mol. The van der Waals surface area contributed by atoms with Crippen LogP contribution < -0.4 is 5.32 Å². The third-order valence-corrected chi connectivity index (χ3v) is 3.83. The standard InChI is InChI=1S/C17H18N4O2/c1-12(22)21-10-7-13-5-3-4-6-14(13)15(21)11-17(23)18-16-8-9-20(2)19-16/h3-10,15H,11H2,1-2H3,(H,18,19,23)/t15-/m0/s1. The molecule has 1 aliphatic heterocycles. The fraction of sp³-hybridized carbons (Fsp3) is 0.235. The molecular weight excluding hydrogens is 292 g/mol. The zero-order valence-electron chi connectivity index (χ0n) is 13.1. The van der Waals surface area contributed by atoms with Gasteiger partial charge in [-0.3, -0.25) is 14.3 Å². The topological polar surface area (TPSA) is 67.2 Å². The largest absolute Gasteiger partial charge is 0.311 e. The van der Waals surface area contributed by atoms with E-state index in [1.165, 1.54) is 6.92 Å². The fourth-order valence-electron chi connectivity index (χ4n) is 2.76. The molecular formula is C17H18N4O2. The number of nitrogens with zero attached hydrogens (tertiary/aromatic N) is 3. The van der Waals surface area contributed by atoms with Gasteiger partial charge in [-0.05, 0) is 17.2 Å². The van der Waals surface area contributed by atoms with Crippen molar-refractivity contribution < 1.29 is 9.59 Å². The Labute approximate surface area is 134 Å². The minimum Gasteiger partial charge on any atom is -0.311 e. The summed E-state index contributed by atoms with van der Waals surface area (Å²) < 4.78 is 1.62. The van der Waals surface area contributed by atoms with Gasteiger partial charge in [-0.2, -0.15) is 5.10 Å². The van der Waals surface area contributed by atoms with Crippen molar-refractivity contribution in [2.24, 2.45) is 7.05 Å². The van der Waals surface area contributed by atoms with Crippen molar-refractivity contribution in [2.45, 2.75) is 19.4 Å². The summed E-state index contributed by atoms with van der Waals surface area (Å²) in [6.45, 7) is 1.50. The van der Waals surface area contributed by atoms with E-state index in [0.29, 0.717) is 5.82 Å². The molecule has 1 aliphatic rings. The Kier molecular flexibility index (Phi) is 3.97. The highest BCUT2D eigenvalue weighted by Crippen LogP contribution is 2.32. The van der Waals surface area contributed by atoms with E-state index in [2.05, 4.69) is 10.4 Å². The Morgan fingerprint density at radius 2 is 2.04 bits per heavy atom. The number of fused-ring (bicyclic) bond motifs is 1. The number of aromatic nitrogens is 2. The summed E-state index contributed by atoms with van der Waals surface area (Å²) in [6, 6.07) is 9.21. The van der Waals surface area contributed by atoms with Crippen LogP contribution in [0.1, 0.15) is 30.5 Å². The van der Waals surface area contributed by atoms with Gasteiger partial charge in [0.2, 0.25) is 11.8 Å². The Balaban J connectivity index is 1.81. The van der Waals surface area contributed by atoms with E-state index in [4.69, 9.17) is 0 Å². The number of anilines is 1. The molecule has 0 unspecified atom stereocenters. The van der Waals surface area contributed by atoms with E-state index in [9.17, 15) is 9.59 Å². The van der Waals surface area contributed by atoms with Gasteiger partial charge in [-0.1, -0.05) is 24.3 Å². The molecule has 118 valence electrons. The van der Waals surface area contributed by atoms with Crippen LogP contribution in [0, 0.1) is 0 Å². The van der Waals surface area contributed by atoms with Crippen LogP contribution in [-0.2, 0) is 16.6 Å². The number of aryl methyl sites for hydroxylation is 1. The summed E-state index contributed by atoms with van der Waals surface area (Å²) in [5.41, 5.74) is 2.00. The molecule has 23 heavy (non-hydrogen) atoms.